The van der Waals surface area contributed by atoms with Gasteiger partial charge in [0.15, 0.2) is 18.7 Å². The third-order valence-corrected chi connectivity index (χ3v) is 9.97. The molecule has 7 unspecified atom stereocenters. The summed E-state index contributed by atoms with van der Waals surface area (Å²) in [6.07, 6.45) is -17.7. The highest BCUT2D eigenvalue weighted by Gasteiger charge is 2.53. The number of hydrogen-bond acceptors (Lipinski definition) is 12. The number of carboxylic acids is 1. The maximum atomic E-state index is 13.6. The van der Waals surface area contributed by atoms with E-state index >= 15 is 0 Å². The van der Waals surface area contributed by atoms with Gasteiger partial charge in [0, 0.05) is 0 Å². The van der Waals surface area contributed by atoms with Gasteiger partial charge >= 0.3 is 18.1 Å². The third kappa shape index (κ3) is 10.7. The second-order valence-corrected chi connectivity index (χ2v) is 13.3. The quantitative estimate of drug-likeness (QED) is 0.120. The average molecular weight is 718 g/mol. The van der Waals surface area contributed by atoms with Gasteiger partial charge in [-0.25, -0.2) is 4.79 Å². The van der Waals surface area contributed by atoms with Crippen molar-refractivity contribution in [2.75, 3.05) is 6.61 Å². The molecule has 2 heterocycles. The molecule has 13 atom stereocenters. The molecule has 0 bridgehead atoms. The molecular formula is C32H54F3NO13. The number of rotatable bonds is 16. The molecule has 3 aliphatic rings. The van der Waals surface area contributed by atoms with Crippen LogP contribution < -0.4 is 5.32 Å². The molecule has 0 spiro atoms. The largest absolute Gasteiger partial charge is 0.479 e. The van der Waals surface area contributed by atoms with E-state index in [1.807, 2.05) is 13.8 Å². The van der Waals surface area contributed by atoms with Crippen LogP contribution in [0.4, 0.5) is 13.2 Å². The zero-order valence-electron chi connectivity index (χ0n) is 28.4. The maximum absolute atomic E-state index is 13.6. The lowest BCUT2D eigenvalue weighted by Crippen LogP contribution is -2.68. The zero-order chi connectivity index (χ0) is 36.6. The fourth-order valence-electron chi connectivity index (χ4n) is 6.98. The van der Waals surface area contributed by atoms with Crippen molar-refractivity contribution in [3.8, 4) is 0 Å². The van der Waals surface area contributed by atoms with E-state index in [1.165, 1.54) is 6.92 Å². The van der Waals surface area contributed by atoms with Gasteiger partial charge in [0.2, 0.25) is 0 Å². The molecule has 3 rings (SSSR count). The van der Waals surface area contributed by atoms with Gasteiger partial charge in [0.1, 0.15) is 42.7 Å². The van der Waals surface area contributed by atoms with Gasteiger partial charge < -0.3 is 59.6 Å². The number of carbonyl (C=O) groups is 2. The maximum Gasteiger partial charge on any atom is 0.471 e. The zero-order valence-corrected chi connectivity index (χ0v) is 28.4. The number of amides is 1. The first kappa shape index (κ1) is 41.7. The number of carboxylic acid groups (broad SMARTS) is 1. The molecule has 0 aromatic rings. The Morgan fingerprint density at radius 1 is 0.857 bits per heavy atom. The minimum atomic E-state index is -5.38. The first-order valence-corrected chi connectivity index (χ1v) is 17.3. The highest BCUT2D eigenvalue weighted by molar-refractivity contribution is 5.82. The Bertz CT molecular complexity index is 1030. The van der Waals surface area contributed by atoms with Crippen LogP contribution in [0, 0.1) is 11.8 Å². The first-order chi connectivity index (χ1) is 23.1. The van der Waals surface area contributed by atoms with Gasteiger partial charge in [-0.2, -0.15) is 13.2 Å². The van der Waals surface area contributed by atoms with Crippen molar-refractivity contribution in [2.24, 2.45) is 11.8 Å². The topological polar surface area (TPSA) is 214 Å². The lowest BCUT2D eigenvalue weighted by molar-refractivity contribution is -0.334. The van der Waals surface area contributed by atoms with Crippen molar-refractivity contribution in [1.29, 1.82) is 0 Å². The molecule has 286 valence electrons. The van der Waals surface area contributed by atoms with Crippen molar-refractivity contribution in [3.63, 3.8) is 0 Å². The molecule has 14 nitrogen and oxygen atoms in total. The lowest BCUT2D eigenvalue weighted by atomic mass is 9.85. The molecule has 2 aliphatic heterocycles. The van der Waals surface area contributed by atoms with Crippen LogP contribution in [-0.4, -0.2) is 135 Å². The van der Waals surface area contributed by atoms with E-state index in [0.29, 0.717) is 12.8 Å². The number of aliphatic hydroxyl groups excluding tert-OH is 5. The minimum absolute atomic E-state index is 0.0134. The number of hydrogen-bond donors (Lipinski definition) is 7. The Morgan fingerprint density at radius 2 is 1.49 bits per heavy atom. The Labute approximate surface area is 284 Å². The fourth-order valence-corrected chi connectivity index (χ4v) is 6.98. The van der Waals surface area contributed by atoms with E-state index in [-0.39, 0.29) is 24.7 Å². The van der Waals surface area contributed by atoms with Crippen LogP contribution in [0.15, 0.2) is 0 Å². The first-order valence-electron chi connectivity index (χ1n) is 17.3. The number of nitrogens with one attached hydrogen (secondary N) is 1. The number of halogens is 3. The molecule has 1 aliphatic carbocycles. The Morgan fingerprint density at radius 3 is 2.02 bits per heavy atom. The smallest absolute Gasteiger partial charge is 0.471 e. The van der Waals surface area contributed by atoms with Gasteiger partial charge in [0.25, 0.3) is 0 Å². The van der Waals surface area contributed by atoms with E-state index in [2.05, 4.69) is 0 Å². The van der Waals surface area contributed by atoms with Crippen LogP contribution in [0.3, 0.4) is 0 Å². The van der Waals surface area contributed by atoms with Crippen LogP contribution in [-0.2, 0) is 33.3 Å². The number of ether oxygens (including phenoxy) is 5. The van der Waals surface area contributed by atoms with Gasteiger partial charge in [-0.3, -0.25) is 4.79 Å². The molecular weight excluding hydrogens is 663 g/mol. The summed E-state index contributed by atoms with van der Waals surface area (Å²) >= 11 is 0. The summed E-state index contributed by atoms with van der Waals surface area (Å²) in [5.74, 6) is -4.19. The average Bonchev–Trinajstić information content (AvgIpc) is 3.06. The molecule has 0 aromatic carbocycles. The van der Waals surface area contributed by atoms with E-state index < -0.39 is 104 Å². The van der Waals surface area contributed by atoms with E-state index in [0.717, 1.165) is 32.1 Å². The molecule has 1 saturated carbocycles. The van der Waals surface area contributed by atoms with Crippen LogP contribution in [0.25, 0.3) is 0 Å². The summed E-state index contributed by atoms with van der Waals surface area (Å²) in [4.78, 5) is 24.7. The highest BCUT2D eigenvalue weighted by Crippen LogP contribution is 2.35. The minimum Gasteiger partial charge on any atom is -0.479 e. The fraction of sp³-hybridized carbons (Fsp3) is 0.938. The lowest BCUT2D eigenvalue weighted by Gasteiger charge is -2.47. The van der Waals surface area contributed by atoms with Crippen molar-refractivity contribution >= 4 is 11.9 Å². The second kappa shape index (κ2) is 18.7. The van der Waals surface area contributed by atoms with Crippen molar-refractivity contribution in [1.82, 2.24) is 5.32 Å². The van der Waals surface area contributed by atoms with Crippen LogP contribution >= 0.6 is 0 Å². The summed E-state index contributed by atoms with van der Waals surface area (Å²) < 4.78 is 70.5. The number of aliphatic carboxylic acids is 1. The number of aliphatic hydroxyl groups is 5. The molecule has 1 amide bonds. The highest BCUT2D eigenvalue weighted by atomic mass is 19.4. The molecule has 7 N–H and O–H groups in total. The predicted molar refractivity (Wildman–Crippen MR) is 164 cm³/mol. The number of alkyl halides is 3. The predicted octanol–water partition coefficient (Wildman–Crippen LogP) is 1.36. The Kier molecular flexibility index (Phi) is 15.9. The van der Waals surface area contributed by atoms with Crippen molar-refractivity contribution in [2.45, 2.75) is 171 Å². The summed E-state index contributed by atoms with van der Waals surface area (Å²) in [5.41, 5.74) is 0. The molecule has 2 saturated heterocycles. The summed E-state index contributed by atoms with van der Waals surface area (Å²) in [6, 6.07) is -1.91. The normalized spacial score (nSPS) is 35.1. The van der Waals surface area contributed by atoms with Gasteiger partial charge in [-0.1, -0.05) is 65.7 Å². The van der Waals surface area contributed by atoms with E-state index in [4.69, 9.17) is 23.7 Å². The van der Waals surface area contributed by atoms with Crippen LogP contribution in [0.2, 0.25) is 0 Å². The second-order valence-electron chi connectivity index (χ2n) is 13.3. The van der Waals surface area contributed by atoms with Crippen LogP contribution in [0.1, 0.15) is 85.5 Å². The summed E-state index contributed by atoms with van der Waals surface area (Å²) in [7, 11) is 0. The Hall–Kier alpha value is -1.67. The van der Waals surface area contributed by atoms with Crippen molar-refractivity contribution < 1.29 is 77.1 Å². The standard InChI is InChI=1S/C32H54F3NO13/c1-5-17(6-2)26(49-30-25(41)24(40)22(38)15(4)45-30)18(7-3)47-29-21(36-31(44)32(33,34)35)27(23(39)20(14-37)48-29)46-19(28(42)43)13-16-11-9-8-10-12-16/h15-27,29-30,37-41H,5-14H2,1-4H3,(H,36,44)(H,42,43)/t15-,18+,19-,20?,21?,22?,23-,24?,25-,26?,27?,29+,30?/m0/s1. The molecule has 0 aromatic heterocycles. The molecule has 0 radical (unpaired) electrons. The van der Waals surface area contributed by atoms with Gasteiger partial charge in [0.05, 0.1) is 24.9 Å². The monoisotopic (exact) mass is 717 g/mol. The number of carbonyl (C=O) groups excluding carboxylic acids is 1. The van der Waals surface area contributed by atoms with Crippen LogP contribution in [0.5, 0.6) is 0 Å². The van der Waals surface area contributed by atoms with E-state index in [9.17, 15) is 53.4 Å². The summed E-state index contributed by atoms with van der Waals surface area (Å²) in [5, 5.41) is 64.2. The summed E-state index contributed by atoms with van der Waals surface area (Å²) in [6.45, 7) is 5.98. The van der Waals surface area contributed by atoms with E-state index in [1.54, 1.807) is 12.2 Å². The SMILES string of the molecule is CCC(CC)C(OC1O[C@@H](C)C(O)C(O)[C@@H]1O)[C@@H](CC)O[C@@H]1OC(CO)[C@H](O)C(O[C@@H](CC2CCCCC2)C(=O)O)C1NC(=O)C(F)(F)F. The Balaban J connectivity index is 1.99. The van der Waals surface area contributed by atoms with Gasteiger partial charge in [-0.15, -0.1) is 0 Å². The molecule has 49 heavy (non-hydrogen) atoms. The van der Waals surface area contributed by atoms with Gasteiger partial charge in [-0.05, 0) is 31.6 Å². The third-order valence-electron chi connectivity index (χ3n) is 9.97. The van der Waals surface area contributed by atoms with Crippen molar-refractivity contribution in [3.05, 3.63) is 0 Å². The molecule has 17 heteroatoms. The molecule has 3 fully saturated rings.